The maximum atomic E-state index is 13.1. The molecule has 2 rings (SSSR count). The maximum absolute atomic E-state index is 13.1. The summed E-state index contributed by atoms with van der Waals surface area (Å²) in [6.07, 6.45) is 1.10. The van der Waals surface area contributed by atoms with E-state index in [0.717, 1.165) is 4.90 Å². The second kappa shape index (κ2) is 8.66. The van der Waals surface area contributed by atoms with Crippen molar-refractivity contribution in [1.82, 2.24) is 20.9 Å². The topological polar surface area (TPSA) is 108 Å². The minimum atomic E-state index is -1.17. The van der Waals surface area contributed by atoms with Crippen LogP contribution in [0.2, 0.25) is 0 Å². The third-order valence-corrected chi connectivity index (χ3v) is 4.49. The van der Waals surface area contributed by atoms with Crippen molar-refractivity contribution in [2.24, 2.45) is 0 Å². The van der Waals surface area contributed by atoms with E-state index in [1.165, 1.54) is 0 Å². The average Bonchev–Trinajstić information content (AvgIpc) is 2.88. The minimum Gasteiger partial charge on any atom is -0.355 e. The van der Waals surface area contributed by atoms with Crippen molar-refractivity contribution < 1.29 is 19.2 Å². The average molecular weight is 374 g/mol. The van der Waals surface area contributed by atoms with Gasteiger partial charge in [0.05, 0.1) is 0 Å². The summed E-state index contributed by atoms with van der Waals surface area (Å²) in [5, 5.41) is 7.87. The van der Waals surface area contributed by atoms with Crippen LogP contribution in [-0.2, 0) is 19.9 Å². The van der Waals surface area contributed by atoms with Gasteiger partial charge < -0.3 is 16.0 Å². The lowest BCUT2D eigenvalue weighted by atomic mass is 9.85. The van der Waals surface area contributed by atoms with E-state index in [2.05, 4.69) is 16.0 Å². The Kier molecular flexibility index (Phi) is 6.55. The summed E-state index contributed by atoms with van der Waals surface area (Å²) in [6, 6.07) is 7.64. The molecule has 1 aromatic carbocycles. The molecular weight excluding hydrogens is 348 g/mol. The van der Waals surface area contributed by atoms with Gasteiger partial charge in [-0.25, -0.2) is 4.79 Å². The fourth-order valence-electron chi connectivity index (χ4n) is 3.20. The normalized spacial score (nSPS) is 20.2. The van der Waals surface area contributed by atoms with Gasteiger partial charge >= 0.3 is 6.03 Å². The van der Waals surface area contributed by atoms with E-state index in [0.29, 0.717) is 24.9 Å². The highest BCUT2D eigenvalue weighted by Gasteiger charge is 2.52. The predicted molar refractivity (Wildman–Crippen MR) is 99.6 cm³/mol. The van der Waals surface area contributed by atoms with Crippen LogP contribution in [0.25, 0.3) is 0 Å². The molecule has 5 amide bonds. The van der Waals surface area contributed by atoms with Gasteiger partial charge in [-0.15, -0.1) is 0 Å². The number of nitrogens with one attached hydrogen (secondary N) is 3. The van der Waals surface area contributed by atoms with Gasteiger partial charge in [0.15, 0.2) is 0 Å². The zero-order valence-electron chi connectivity index (χ0n) is 15.9. The largest absolute Gasteiger partial charge is 0.355 e. The molecule has 0 aliphatic carbocycles. The standard InChI is InChI=1S/C19H26N4O4/c1-4-11-19(14-9-7-6-8-10-14)17(26)23(18(27)22-19)12-15(24)21-13(3)16(25)20-5-2/h6-10,13H,4-5,11-12H2,1-3H3,(H,20,25)(H,21,24)(H,22,27)/t13-,19-/m0/s1. The van der Waals surface area contributed by atoms with Gasteiger partial charge in [0.1, 0.15) is 18.1 Å². The number of carbonyl (C=O) groups is 4. The molecule has 1 aromatic rings. The number of urea groups is 1. The Hall–Kier alpha value is -2.90. The number of hydrogen-bond donors (Lipinski definition) is 3. The van der Waals surface area contributed by atoms with E-state index in [9.17, 15) is 19.2 Å². The molecule has 27 heavy (non-hydrogen) atoms. The molecule has 3 N–H and O–H groups in total. The molecule has 1 saturated heterocycles. The van der Waals surface area contributed by atoms with Gasteiger partial charge in [0.2, 0.25) is 11.8 Å². The van der Waals surface area contributed by atoms with Crippen LogP contribution in [-0.4, -0.2) is 47.8 Å². The fourth-order valence-corrected chi connectivity index (χ4v) is 3.20. The van der Waals surface area contributed by atoms with Crippen molar-refractivity contribution in [3.63, 3.8) is 0 Å². The number of carbonyl (C=O) groups excluding carboxylic acids is 4. The Balaban J connectivity index is 2.15. The summed E-state index contributed by atoms with van der Waals surface area (Å²) >= 11 is 0. The molecule has 1 aliphatic rings. The minimum absolute atomic E-state index is 0.326. The van der Waals surface area contributed by atoms with Crippen LogP contribution in [0.1, 0.15) is 39.2 Å². The summed E-state index contributed by atoms with van der Waals surface area (Å²) in [4.78, 5) is 50.4. The predicted octanol–water partition coefficient (Wildman–Crippen LogP) is 0.875. The van der Waals surface area contributed by atoms with Gasteiger partial charge in [-0.3, -0.25) is 19.3 Å². The van der Waals surface area contributed by atoms with Crippen molar-refractivity contribution >= 4 is 23.8 Å². The molecule has 146 valence electrons. The third kappa shape index (κ3) is 4.27. The van der Waals surface area contributed by atoms with E-state index >= 15 is 0 Å². The maximum Gasteiger partial charge on any atom is 0.325 e. The number of rotatable bonds is 8. The van der Waals surface area contributed by atoms with Gasteiger partial charge in [0.25, 0.3) is 5.91 Å². The monoisotopic (exact) mass is 374 g/mol. The first-order chi connectivity index (χ1) is 12.9. The van der Waals surface area contributed by atoms with E-state index in [1.54, 1.807) is 38.1 Å². The van der Waals surface area contributed by atoms with Gasteiger partial charge in [-0.05, 0) is 25.8 Å². The number of likely N-dealkylation sites (N-methyl/N-ethyl adjacent to an activating group) is 1. The van der Waals surface area contributed by atoms with Crippen LogP contribution in [0, 0.1) is 0 Å². The van der Waals surface area contributed by atoms with Crippen molar-refractivity contribution in [2.75, 3.05) is 13.1 Å². The first kappa shape index (κ1) is 20.4. The van der Waals surface area contributed by atoms with E-state index in [1.807, 2.05) is 13.0 Å². The Morgan fingerprint density at radius 3 is 2.44 bits per heavy atom. The molecule has 1 aliphatic heterocycles. The quantitative estimate of drug-likeness (QED) is 0.587. The number of nitrogens with zero attached hydrogens (tertiary/aromatic N) is 1. The summed E-state index contributed by atoms with van der Waals surface area (Å²) in [5.41, 5.74) is -0.484. The lowest BCUT2D eigenvalue weighted by molar-refractivity contribution is -0.136. The smallest absolute Gasteiger partial charge is 0.325 e. The van der Waals surface area contributed by atoms with Gasteiger partial charge in [-0.1, -0.05) is 43.7 Å². The Morgan fingerprint density at radius 1 is 1.19 bits per heavy atom. The summed E-state index contributed by atoms with van der Waals surface area (Å²) in [7, 11) is 0. The van der Waals surface area contributed by atoms with Crippen molar-refractivity contribution in [3.8, 4) is 0 Å². The highest BCUT2D eigenvalue weighted by atomic mass is 16.2. The number of amides is 5. The number of benzene rings is 1. The van der Waals surface area contributed by atoms with E-state index in [-0.39, 0.29) is 5.91 Å². The lowest BCUT2D eigenvalue weighted by Crippen LogP contribution is -2.49. The van der Waals surface area contributed by atoms with Crippen molar-refractivity contribution in [2.45, 2.75) is 45.2 Å². The Labute approximate surface area is 158 Å². The molecule has 0 unspecified atom stereocenters. The second-order valence-corrected chi connectivity index (χ2v) is 6.53. The third-order valence-electron chi connectivity index (χ3n) is 4.49. The first-order valence-electron chi connectivity index (χ1n) is 9.12. The van der Waals surface area contributed by atoms with Gasteiger partial charge in [-0.2, -0.15) is 0 Å². The summed E-state index contributed by atoms with van der Waals surface area (Å²) < 4.78 is 0. The molecule has 1 heterocycles. The number of hydrogen-bond acceptors (Lipinski definition) is 4. The molecule has 0 saturated carbocycles. The van der Waals surface area contributed by atoms with Crippen molar-refractivity contribution in [3.05, 3.63) is 35.9 Å². The molecule has 0 bridgehead atoms. The van der Waals surface area contributed by atoms with Crippen LogP contribution in [0.4, 0.5) is 4.79 Å². The fraction of sp³-hybridized carbons (Fsp3) is 0.474. The molecule has 2 atom stereocenters. The molecule has 0 aromatic heterocycles. The van der Waals surface area contributed by atoms with E-state index in [4.69, 9.17) is 0 Å². The second-order valence-electron chi connectivity index (χ2n) is 6.53. The van der Waals surface area contributed by atoms with Crippen LogP contribution in [0.15, 0.2) is 30.3 Å². The van der Waals surface area contributed by atoms with Crippen LogP contribution < -0.4 is 16.0 Å². The SMILES string of the molecule is CCC[C@@]1(c2ccccc2)NC(=O)N(CC(=O)N[C@@H](C)C(=O)NCC)C1=O. The zero-order chi connectivity index (χ0) is 20.0. The highest BCUT2D eigenvalue weighted by molar-refractivity contribution is 6.09. The zero-order valence-corrected chi connectivity index (χ0v) is 15.9. The molecule has 8 heteroatoms. The van der Waals surface area contributed by atoms with E-state index < -0.39 is 36.0 Å². The Morgan fingerprint density at radius 2 is 1.85 bits per heavy atom. The van der Waals surface area contributed by atoms with Gasteiger partial charge in [0, 0.05) is 6.54 Å². The molecular formula is C19H26N4O4. The molecule has 0 spiro atoms. The number of imide groups is 1. The Bertz CT molecular complexity index is 722. The lowest BCUT2D eigenvalue weighted by Gasteiger charge is -2.27. The molecule has 1 fully saturated rings. The van der Waals surface area contributed by atoms with Crippen LogP contribution in [0.5, 0.6) is 0 Å². The van der Waals surface area contributed by atoms with Crippen LogP contribution >= 0.6 is 0 Å². The summed E-state index contributed by atoms with van der Waals surface area (Å²) in [5.74, 6) is -1.35. The van der Waals surface area contributed by atoms with Crippen molar-refractivity contribution in [1.29, 1.82) is 0 Å². The molecule has 0 radical (unpaired) electrons. The summed E-state index contributed by atoms with van der Waals surface area (Å²) in [6.45, 7) is 5.25. The highest BCUT2D eigenvalue weighted by Crippen LogP contribution is 2.33. The first-order valence-corrected chi connectivity index (χ1v) is 9.12. The van der Waals surface area contributed by atoms with Crippen LogP contribution in [0.3, 0.4) is 0 Å². The molecule has 8 nitrogen and oxygen atoms in total.